The van der Waals surface area contributed by atoms with Crippen LogP contribution in [-0.4, -0.2) is 56.7 Å². The topological polar surface area (TPSA) is 79.9 Å². The lowest BCUT2D eigenvalue weighted by Gasteiger charge is -2.35. The Morgan fingerprint density at radius 2 is 1.63 bits per heavy atom. The molecule has 35 heavy (non-hydrogen) atoms. The molecule has 7 nitrogen and oxygen atoms in total. The van der Waals surface area contributed by atoms with Gasteiger partial charge in [0, 0.05) is 26.6 Å². The van der Waals surface area contributed by atoms with Crippen LogP contribution >= 0.6 is 0 Å². The molecule has 2 aromatic carbocycles. The largest absolute Gasteiger partial charge is 0.497 e. The van der Waals surface area contributed by atoms with Gasteiger partial charge in [0.15, 0.2) is 0 Å². The highest BCUT2D eigenvalue weighted by molar-refractivity contribution is 5.79. The molecule has 1 saturated heterocycles. The van der Waals surface area contributed by atoms with E-state index in [9.17, 15) is 22.8 Å². The second kappa shape index (κ2) is 12.0. The molecule has 2 amide bonds. The molecule has 0 saturated carbocycles. The average molecular weight is 494 g/mol. The highest BCUT2D eigenvalue weighted by atomic mass is 19.4. The lowest BCUT2D eigenvalue weighted by Crippen LogP contribution is -2.44. The van der Waals surface area contributed by atoms with Crippen LogP contribution in [0, 0.1) is 0 Å². The molecule has 0 aliphatic carbocycles. The van der Waals surface area contributed by atoms with Crippen molar-refractivity contribution in [3.63, 3.8) is 0 Å². The van der Waals surface area contributed by atoms with E-state index in [0.29, 0.717) is 37.6 Å². The zero-order valence-electron chi connectivity index (χ0n) is 19.7. The first kappa shape index (κ1) is 26.5. The fraction of sp³-hybridized carbons (Fsp3) is 0.440. The van der Waals surface area contributed by atoms with E-state index < -0.39 is 17.8 Å². The predicted octanol–water partition coefficient (Wildman–Crippen LogP) is 3.47. The van der Waals surface area contributed by atoms with Crippen molar-refractivity contribution in [2.75, 3.05) is 40.0 Å². The van der Waals surface area contributed by atoms with Gasteiger partial charge in [-0.25, -0.2) is 0 Å². The second-order valence-corrected chi connectivity index (χ2v) is 8.32. The Morgan fingerprint density at radius 1 is 1.03 bits per heavy atom. The summed E-state index contributed by atoms with van der Waals surface area (Å²) < 4.78 is 49.6. The zero-order valence-corrected chi connectivity index (χ0v) is 19.7. The maximum Gasteiger partial charge on any atom is 0.416 e. The molecule has 1 aliphatic rings. The third-order valence-corrected chi connectivity index (χ3v) is 5.89. The smallest absolute Gasteiger partial charge is 0.416 e. The number of hydrogen-bond acceptors (Lipinski definition) is 5. The fourth-order valence-corrected chi connectivity index (χ4v) is 4.04. The number of halogens is 3. The summed E-state index contributed by atoms with van der Waals surface area (Å²) in [7, 11) is 1.55. The molecule has 190 valence electrons. The Labute approximate surface area is 202 Å². The summed E-state index contributed by atoms with van der Waals surface area (Å²) in [5.74, 6) is 0.101. The molecule has 0 aromatic heterocycles. The van der Waals surface area contributed by atoms with Crippen molar-refractivity contribution in [2.45, 2.75) is 31.6 Å². The Hall–Kier alpha value is -3.11. The van der Waals surface area contributed by atoms with E-state index in [0.717, 1.165) is 17.7 Å². The fourth-order valence-electron chi connectivity index (χ4n) is 4.04. The third-order valence-electron chi connectivity index (χ3n) is 5.89. The van der Waals surface area contributed by atoms with E-state index in [1.165, 1.54) is 19.1 Å². The van der Waals surface area contributed by atoms with Crippen molar-refractivity contribution in [1.82, 2.24) is 15.5 Å². The van der Waals surface area contributed by atoms with Crippen LogP contribution in [0.2, 0.25) is 0 Å². The third kappa shape index (κ3) is 7.69. The van der Waals surface area contributed by atoms with Crippen LogP contribution in [0.15, 0.2) is 48.5 Å². The predicted molar refractivity (Wildman–Crippen MR) is 124 cm³/mol. The van der Waals surface area contributed by atoms with Gasteiger partial charge >= 0.3 is 6.18 Å². The minimum absolute atomic E-state index is 0.00868. The molecular formula is C25H30F3N3O4. The van der Waals surface area contributed by atoms with Gasteiger partial charge in [0.1, 0.15) is 5.75 Å². The highest BCUT2D eigenvalue weighted by Crippen LogP contribution is 2.31. The van der Waals surface area contributed by atoms with Gasteiger partial charge in [-0.1, -0.05) is 24.3 Å². The highest BCUT2D eigenvalue weighted by Gasteiger charge is 2.31. The van der Waals surface area contributed by atoms with Crippen molar-refractivity contribution in [3.05, 3.63) is 65.2 Å². The Balaban J connectivity index is 1.71. The molecule has 2 N–H and O–H groups in total. The number of alkyl halides is 3. The number of rotatable bonds is 9. The molecule has 2 aromatic rings. The van der Waals surface area contributed by atoms with Gasteiger partial charge < -0.3 is 20.1 Å². The number of hydrogen-bond donors (Lipinski definition) is 2. The Bertz CT molecular complexity index is 975. The SMILES string of the molecule is COc1ccc(C(CC(=O)NCC(c2ccc(C(F)(F)F)cc2)N2CCOCC2)NC(C)=O)cc1. The van der Waals surface area contributed by atoms with Crippen LogP contribution in [0.3, 0.4) is 0 Å². The standard InChI is InChI=1S/C25H30F3N3O4/c1-17(32)30-22(18-5-9-21(34-2)10-6-18)15-24(33)29-16-23(31-11-13-35-14-12-31)19-3-7-20(8-4-19)25(26,27)28/h3-10,22-23H,11-16H2,1-2H3,(H,29,33)(H,30,32). The monoisotopic (exact) mass is 493 g/mol. The molecule has 3 rings (SSSR count). The Kier molecular flexibility index (Phi) is 9.11. The summed E-state index contributed by atoms with van der Waals surface area (Å²) in [6, 6.07) is 11.2. The summed E-state index contributed by atoms with van der Waals surface area (Å²) in [5.41, 5.74) is 0.709. The van der Waals surface area contributed by atoms with Crippen LogP contribution in [0.25, 0.3) is 0 Å². The maximum atomic E-state index is 13.0. The van der Waals surface area contributed by atoms with Gasteiger partial charge in [-0.2, -0.15) is 13.2 Å². The molecule has 1 heterocycles. The summed E-state index contributed by atoms with van der Waals surface area (Å²) in [6.45, 7) is 3.80. The van der Waals surface area contributed by atoms with E-state index in [-0.39, 0.29) is 30.8 Å². The number of ether oxygens (including phenoxy) is 2. The van der Waals surface area contributed by atoms with E-state index in [4.69, 9.17) is 9.47 Å². The van der Waals surface area contributed by atoms with Gasteiger partial charge in [-0.15, -0.1) is 0 Å². The quantitative estimate of drug-likeness (QED) is 0.559. The van der Waals surface area contributed by atoms with Crippen molar-refractivity contribution in [3.8, 4) is 5.75 Å². The summed E-state index contributed by atoms with van der Waals surface area (Å²) in [6.07, 6.45) is -4.41. The van der Waals surface area contributed by atoms with Crippen LogP contribution in [0.5, 0.6) is 5.75 Å². The van der Waals surface area contributed by atoms with Gasteiger partial charge in [-0.05, 0) is 35.4 Å². The van der Waals surface area contributed by atoms with Crippen molar-refractivity contribution < 1.29 is 32.2 Å². The molecule has 1 fully saturated rings. The number of carbonyl (C=O) groups excluding carboxylic acids is 2. The number of nitrogens with zero attached hydrogens (tertiary/aromatic N) is 1. The normalized spacial score (nSPS) is 16.3. The van der Waals surface area contributed by atoms with Crippen LogP contribution in [0.1, 0.15) is 42.1 Å². The van der Waals surface area contributed by atoms with Crippen LogP contribution < -0.4 is 15.4 Å². The zero-order chi connectivity index (χ0) is 25.4. The van der Waals surface area contributed by atoms with Crippen molar-refractivity contribution in [1.29, 1.82) is 0 Å². The summed E-state index contributed by atoms with van der Waals surface area (Å²) in [4.78, 5) is 26.7. The van der Waals surface area contributed by atoms with E-state index in [1.54, 1.807) is 31.4 Å². The van der Waals surface area contributed by atoms with Crippen LogP contribution in [-0.2, 0) is 20.5 Å². The van der Waals surface area contributed by atoms with Crippen LogP contribution in [0.4, 0.5) is 13.2 Å². The average Bonchev–Trinajstić information content (AvgIpc) is 2.84. The number of benzene rings is 2. The van der Waals surface area contributed by atoms with E-state index in [1.807, 2.05) is 0 Å². The van der Waals surface area contributed by atoms with Crippen molar-refractivity contribution in [2.24, 2.45) is 0 Å². The van der Waals surface area contributed by atoms with Gasteiger partial charge in [0.25, 0.3) is 0 Å². The summed E-state index contributed by atoms with van der Waals surface area (Å²) in [5, 5.41) is 5.69. The first-order chi connectivity index (χ1) is 16.7. The summed E-state index contributed by atoms with van der Waals surface area (Å²) >= 11 is 0. The number of nitrogens with one attached hydrogen (secondary N) is 2. The van der Waals surface area contributed by atoms with E-state index in [2.05, 4.69) is 15.5 Å². The first-order valence-electron chi connectivity index (χ1n) is 11.3. The number of morpholine rings is 1. The Morgan fingerprint density at radius 3 is 2.17 bits per heavy atom. The van der Waals surface area contributed by atoms with Crippen molar-refractivity contribution >= 4 is 11.8 Å². The molecule has 10 heteroatoms. The van der Waals surface area contributed by atoms with Gasteiger partial charge in [0.05, 0.1) is 44.4 Å². The maximum absolute atomic E-state index is 13.0. The van der Waals surface area contributed by atoms with E-state index >= 15 is 0 Å². The number of carbonyl (C=O) groups is 2. The second-order valence-electron chi connectivity index (χ2n) is 8.32. The van der Waals surface area contributed by atoms with Gasteiger partial charge in [0.2, 0.25) is 11.8 Å². The molecule has 2 unspecified atom stereocenters. The van der Waals surface area contributed by atoms with Gasteiger partial charge in [-0.3, -0.25) is 14.5 Å². The number of methoxy groups -OCH3 is 1. The molecule has 0 radical (unpaired) electrons. The number of amides is 2. The molecule has 0 bridgehead atoms. The lowest BCUT2D eigenvalue weighted by molar-refractivity contribution is -0.137. The molecule has 2 atom stereocenters. The molecule has 1 aliphatic heterocycles. The minimum Gasteiger partial charge on any atom is -0.497 e. The molecule has 0 spiro atoms. The lowest BCUT2D eigenvalue weighted by atomic mass is 10.0. The first-order valence-corrected chi connectivity index (χ1v) is 11.3. The minimum atomic E-state index is -4.42. The molecular weight excluding hydrogens is 463 g/mol.